The van der Waals surface area contributed by atoms with Gasteiger partial charge >= 0.3 is 0 Å². The van der Waals surface area contributed by atoms with Crippen molar-refractivity contribution in [1.29, 1.82) is 0 Å². The Labute approximate surface area is 109 Å². The molecule has 1 N–H and O–H groups in total. The number of nitrogens with one attached hydrogen (secondary N) is 1. The first-order chi connectivity index (χ1) is 8.72. The van der Waals surface area contributed by atoms with Crippen molar-refractivity contribution in [3.8, 4) is 0 Å². The van der Waals surface area contributed by atoms with Crippen LogP contribution in [0.2, 0.25) is 0 Å². The fourth-order valence-corrected chi connectivity index (χ4v) is 1.69. The van der Waals surface area contributed by atoms with Crippen LogP contribution in [-0.4, -0.2) is 38.8 Å². The first kappa shape index (κ1) is 14.9. The molecule has 0 saturated carbocycles. The monoisotopic (exact) mass is 253 g/mol. The maximum absolute atomic E-state index is 10.6. The topological polar surface area (TPSA) is 47.6 Å². The van der Waals surface area contributed by atoms with Crippen molar-refractivity contribution in [2.24, 2.45) is 0 Å². The van der Waals surface area contributed by atoms with Crippen LogP contribution in [-0.2, 0) is 14.3 Å². The summed E-state index contributed by atoms with van der Waals surface area (Å²) < 4.78 is 10.9. The Hall–Kier alpha value is -1.13. The van der Waals surface area contributed by atoms with Gasteiger partial charge in [0.1, 0.15) is 6.61 Å². The van der Waals surface area contributed by atoms with E-state index in [-0.39, 0.29) is 18.5 Å². The first-order valence-electron chi connectivity index (χ1n) is 6.47. The van der Waals surface area contributed by atoms with Gasteiger partial charge in [0.15, 0.2) is 5.78 Å². The molecule has 102 valence electrons. The van der Waals surface area contributed by atoms with Crippen molar-refractivity contribution in [2.45, 2.75) is 32.3 Å². The summed E-state index contributed by atoms with van der Waals surface area (Å²) in [4.78, 5) is 10.6. The minimum absolute atomic E-state index is 0.0741. The second-order valence-corrected chi connectivity index (χ2v) is 4.38. The van der Waals surface area contributed by atoms with Crippen LogP contribution >= 0.6 is 0 Å². The van der Waals surface area contributed by atoms with E-state index >= 15 is 0 Å². The number of hydrogen-bond acceptors (Lipinski definition) is 4. The summed E-state index contributed by atoms with van der Waals surface area (Å²) in [6, 6.07) is 0. The second kappa shape index (κ2) is 8.89. The van der Waals surface area contributed by atoms with E-state index in [1.54, 1.807) is 0 Å². The molecule has 0 heterocycles. The smallest absolute Gasteiger partial charge is 0.155 e. The van der Waals surface area contributed by atoms with E-state index in [0.717, 1.165) is 31.6 Å². The summed E-state index contributed by atoms with van der Waals surface area (Å²) in [5.74, 6) is 0.0741. The number of hydrogen-bond donors (Lipinski definition) is 1. The fraction of sp³-hybridized carbons (Fsp3) is 0.643. The Morgan fingerprint density at radius 3 is 2.94 bits per heavy atom. The van der Waals surface area contributed by atoms with Gasteiger partial charge in [0, 0.05) is 26.0 Å². The van der Waals surface area contributed by atoms with E-state index in [2.05, 4.69) is 23.5 Å². The van der Waals surface area contributed by atoms with Crippen molar-refractivity contribution in [3.63, 3.8) is 0 Å². The molecular weight excluding hydrogens is 230 g/mol. The predicted octanol–water partition coefficient (Wildman–Crippen LogP) is 1.82. The zero-order valence-electron chi connectivity index (χ0n) is 11.3. The molecule has 0 aromatic carbocycles. The van der Waals surface area contributed by atoms with E-state index in [0.29, 0.717) is 6.61 Å². The molecule has 0 aliphatic heterocycles. The SMILES string of the molecule is CNC1=CC(OCCCCOCC(C)=O)CC=C1. The van der Waals surface area contributed by atoms with Crippen molar-refractivity contribution in [3.05, 3.63) is 23.9 Å². The van der Waals surface area contributed by atoms with Gasteiger partial charge in [-0.1, -0.05) is 6.08 Å². The van der Waals surface area contributed by atoms with Crippen LogP contribution in [0.3, 0.4) is 0 Å². The summed E-state index contributed by atoms with van der Waals surface area (Å²) in [7, 11) is 1.91. The third-order valence-electron chi connectivity index (χ3n) is 2.64. The summed E-state index contributed by atoms with van der Waals surface area (Å²) in [5.41, 5.74) is 1.11. The number of ether oxygens (including phenoxy) is 2. The third kappa shape index (κ3) is 6.57. The highest BCUT2D eigenvalue weighted by molar-refractivity contribution is 5.76. The van der Waals surface area contributed by atoms with E-state index in [4.69, 9.17) is 9.47 Å². The van der Waals surface area contributed by atoms with E-state index in [1.165, 1.54) is 6.92 Å². The van der Waals surface area contributed by atoms with Crippen LogP contribution < -0.4 is 5.32 Å². The molecule has 0 amide bonds. The third-order valence-corrected chi connectivity index (χ3v) is 2.64. The van der Waals surface area contributed by atoms with Crippen LogP contribution in [0.15, 0.2) is 23.9 Å². The standard InChI is InChI=1S/C14H23NO3/c1-12(16)11-17-8-3-4-9-18-14-7-5-6-13(10-14)15-2/h5-6,10,14-15H,3-4,7-9,11H2,1-2H3. The lowest BCUT2D eigenvalue weighted by Crippen LogP contribution is -2.17. The maximum Gasteiger partial charge on any atom is 0.155 e. The van der Waals surface area contributed by atoms with Crippen LogP contribution in [0.4, 0.5) is 0 Å². The molecule has 1 aliphatic rings. The van der Waals surface area contributed by atoms with Gasteiger partial charge in [0.2, 0.25) is 0 Å². The van der Waals surface area contributed by atoms with Gasteiger partial charge in [-0.25, -0.2) is 0 Å². The summed E-state index contributed by atoms with van der Waals surface area (Å²) in [6.07, 6.45) is 9.29. The van der Waals surface area contributed by atoms with Gasteiger partial charge in [-0.3, -0.25) is 4.79 Å². The van der Waals surface area contributed by atoms with Crippen LogP contribution in [0.5, 0.6) is 0 Å². The zero-order chi connectivity index (χ0) is 13.2. The molecule has 1 aliphatic carbocycles. The first-order valence-corrected chi connectivity index (χ1v) is 6.47. The summed E-state index contributed by atoms with van der Waals surface area (Å²) in [5, 5.41) is 3.11. The number of carbonyl (C=O) groups is 1. The second-order valence-electron chi connectivity index (χ2n) is 4.38. The van der Waals surface area contributed by atoms with Gasteiger partial charge in [0.25, 0.3) is 0 Å². The molecule has 1 atom stereocenters. The van der Waals surface area contributed by atoms with Crippen molar-refractivity contribution in [1.82, 2.24) is 5.32 Å². The molecule has 0 fully saturated rings. The lowest BCUT2D eigenvalue weighted by molar-refractivity contribution is -0.121. The number of likely N-dealkylation sites (N-methyl/N-ethyl adjacent to an activating group) is 1. The van der Waals surface area contributed by atoms with Crippen LogP contribution in [0.1, 0.15) is 26.2 Å². The molecule has 1 rings (SSSR count). The molecule has 18 heavy (non-hydrogen) atoms. The number of carbonyl (C=O) groups excluding carboxylic acids is 1. The van der Waals surface area contributed by atoms with E-state index in [1.807, 2.05) is 7.05 Å². The molecule has 0 aromatic heterocycles. The minimum Gasteiger partial charge on any atom is -0.388 e. The molecule has 4 heteroatoms. The molecule has 0 bridgehead atoms. The Bertz CT molecular complexity index is 310. The summed E-state index contributed by atoms with van der Waals surface area (Å²) >= 11 is 0. The molecule has 4 nitrogen and oxygen atoms in total. The van der Waals surface area contributed by atoms with Gasteiger partial charge in [-0.05, 0) is 38.3 Å². The molecule has 0 radical (unpaired) electrons. The Morgan fingerprint density at radius 1 is 1.44 bits per heavy atom. The zero-order valence-corrected chi connectivity index (χ0v) is 11.3. The molecular formula is C14H23NO3. The van der Waals surface area contributed by atoms with Gasteiger partial charge in [-0.15, -0.1) is 0 Å². The lowest BCUT2D eigenvalue weighted by Gasteiger charge is -2.17. The van der Waals surface area contributed by atoms with Crippen LogP contribution in [0, 0.1) is 0 Å². The molecule has 1 unspecified atom stereocenters. The van der Waals surface area contributed by atoms with E-state index in [9.17, 15) is 4.79 Å². The molecule has 0 aromatic rings. The number of rotatable bonds is 9. The number of unbranched alkanes of at least 4 members (excludes halogenated alkanes) is 1. The Morgan fingerprint density at radius 2 is 2.22 bits per heavy atom. The van der Waals surface area contributed by atoms with Gasteiger partial charge in [0.05, 0.1) is 6.10 Å². The highest BCUT2D eigenvalue weighted by Crippen LogP contribution is 2.12. The average Bonchev–Trinajstić information content (AvgIpc) is 2.37. The predicted molar refractivity (Wildman–Crippen MR) is 71.4 cm³/mol. The normalized spacial score (nSPS) is 18.6. The molecule has 0 saturated heterocycles. The highest BCUT2D eigenvalue weighted by Gasteiger charge is 2.08. The van der Waals surface area contributed by atoms with Crippen molar-refractivity contribution in [2.75, 3.05) is 26.9 Å². The molecule has 0 spiro atoms. The number of Topliss-reactive ketones (excluding diaryl/α,β-unsaturated/α-hetero) is 1. The Balaban J connectivity index is 2.00. The number of allylic oxidation sites excluding steroid dienone is 1. The van der Waals surface area contributed by atoms with Crippen molar-refractivity contribution >= 4 is 5.78 Å². The Kier molecular flexibility index (Phi) is 7.37. The quantitative estimate of drug-likeness (QED) is 0.637. The van der Waals surface area contributed by atoms with Gasteiger partial charge < -0.3 is 14.8 Å². The minimum atomic E-state index is 0.0741. The fourth-order valence-electron chi connectivity index (χ4n) is 1.69. The highest BCUT2D eigenvalue weighted by atomic mass is 16.5. The number of ketones is 1. The van der Waals surface area contributed by atoms with Crippen molar-refractivity contribution < 1.29 is 14.3 Å². The van der Waals surface area contributed by atoms with Crippen LogP contribution in [0.25, 0.3) is 0 Å². The summed E-state index contributed by atoms with van der Waals surface area (Å²) in [6.45, 7) is 3.12. The van der Waals surface area contributed by atoms with E-state index < -0.39 is 0 Å². The maximum atomic E-state index is 10.6. The van der Waals surface area contributed by atoms with Gasteiger partial charge in [-0.2, -0.15) is 0 Å². The lowest BCUT2D eigenvalue weighted by atomic mass is 10.1. The largest absolute Gasteiger partial charge is 0.388 e. The average molecular weight is 253 g/mol.